The maximum Gasteiger partial charge on any atom is 0.493 e. The van der Waals surface area contributed by atoms with Gasteiger partial charge in [0.25, 0.3) is 15.9 Å². The van der Waals surface area contributed by atoms with Gasteiger partial charge in [0.2, 0.25) is 0 Å². The average Bonchev–Trinajstić information content (AvgIpc) is 2.91. The number of halogens is 3. The summed E-state index contributed by atoms with van der Waals surface area (Å²) in [6.45, 7) is 2.84. The van der Waals surface area contributed by atoms with Crippen LogP contribution >= 0.6 is 0 Å². The first-order valence-electron chi connectivity index (χ1n) is 11.7. The van der Waals surface area contributed by atoms with Crippen LogP contribution in [-0.2, 0) is 24.4 Å². The van der Waals surface area contributed by atoms with Crippen LogP contribution in [0.5, 0.6) is 0 Å². The average molecular weight is 542 g/mol. The minimum Gasteiger partial charge on any atom is -0.381 e. The molecule has 0 bridgehead atoms. The van der Waals surface area contributed by atoms with Crippen molar-refractivity contribution in [2.45, 2.75) is 24.3 Å². The van der Waals surface area contributed by atoms with Crippen molar-refractivity contribution in [1.82, 2.24) is 10.2 Å². The van der Waals surface area contributed by atoms with E-state index in [1.165, 1.54) is 18.2 Å². The molecule has 0 radical (unpaired) electrons. The second-order valence-corrected chi connectivity index (χ2v) is 10.7. The first-order valence-corrected chi connectivity index (χ1v) is 13.2. The molecular weight excluding hydrogens is 515 g/mol. The predicted octanol–water partition coefficient (Wildman–Crippen LogP) is 2.73. The number of carbonyl (C=O) groups is 2. The molecule has 2 aromatic rings. The van der Waals surface area contributed by atoms with Crippen LogP contribution in [-0.4, -0.2) is 76.0 Å². The van der Waals surface area contributed by atoms with E-state index in [9.17, 15) is 31.2 Å². The standard InChI is InChI=1S/C24H26F3N3O6S/c25-24(26,27)23(32)36-30(37(33,34)21-8-14-35-15-9-21)20-3-1-2-19(16-20)17-4-6-18(7-5-17)22(31)29-12-10-28-11-13-29/h1-7,16,21,28H,8-15H2. The molecule has 0 aromatic heterocycles. The Balaban J connectivity index is 1.62. The Morgan fingerprint density at radius 2 is 1.65 bits per heavy atom. The molecule has 2 fully saturated rings. The molecule has 4 rings (SSSR count). The molecule has 0 unspecified atom stereocenters. The van der Waals surface area contributed by atoms with E-state index in [-0.39, 0.29) is 42.1 Å². The fraction of sp³-hybridized carbons (Fsp3) is 0.417. The van der Waals surface area contributed by atoms with Crippen molar-refractivity contribution in [3.63, 3.8) is 0 Å². The number of rotatable bonds is 6. The zero-order valence-corrected chi connectivity index (χ0v) is 20.6. The van der Waals surface area contributed by atoms with E-state index in [0.29, 0.717) is 42.9 Å². The summed E-state index contributed by atoms with van der Waals surface area (Å²) in [6.07, 6.45) is -5.30. The summed E-state index contributed by atoms with van der Waals surface area (Å²) in [4.78, 5) is 30.5. The fourth-order valence-electron chi connectivity index (χ4n) is 4.14. The number of sulfonamides is 1. The fourth-order valence-corrected chi connectivity index (χ4v) is 5.78. The Hall–Kier alpha value is -3.16. The summed E-state index contributed by atoms with van der Waals surface area (Å²) in [6, 6.07) is 12.2. The lowest BCUT2D eigenvalue weighted by atomic mass is 10.0. The summed E-state index contributed by atoms with van der Waals surface area (Å²) < 4.78 is 70.7. The first-order chi connectivity index (χ1) is 17.6. The first kappa shape index (κ1) is 26.9. The van der Waals surface area contributed by atoms with E-state index in [1.807, 2.05) is 0 Å². The van der Waals surface area contributed by atoms with Crippen molar-refractivity contribution in [3.05, 3.63) is 54.1 Å². The van der Waals surface area contributed by atoms with Crippen LogP contribution in [0.3, 0.4) is 0 Å². The molecule has 0 saturated carbocycles. The van der Waals surface area contributed by atoms with Crippen molar-refractivity contribution >= 4 is 27.6 Å². The zero-order chi connectivity index (χ0) is 26.6. The molecule has 2 aromatic carbocycles. The van der Waals surface area contributed by atoms with Gasteiger partial charge < -0.3 is 19.8 Å². The van der Waals surface area contributed by atoms with Crippen molar-refractivity contribution < 1.29 is 40.8 Å². The second-order valence-electron chi connectivity index (χ2n) is 8.63. The number of hydrogen-bond donors (Lipinski definition) is 1. The molecule has 2 heterocycles. The zero-order valence-electron chi connectivity index (χ0n) is 19.7. The van der Waals surface area contributed by atoms with Gasteiger partial charge in [0.1, 0.15) is 0 Å². The summed E-state index contributed by atoms with van der Waals surface area (Å²) in [5.74, 6) is -2.76. The molecule has 9 nitrogen and oxygen atoms in total. The lowest BCUT2D eigenvalue weighted by molar-refractivity contribution is -0.199. The number of ether oxygens (including phenoxy) is 1. The normalized spacial score (nSPS) is 17.3. The summed E-state index contributed by atoms with van der Waals surface area (Å²) in [7, 11) is -4.51. The number of anilines is 1. The van der Waals surface area contributed by atoms with Crippen molar-refractivity contribution in [2.75, 3.05) is 43.9 Å². The van der Waals surface area contributed by atoms with Gasteiger partial charge >= 0.3 is 12.1 Å². The SMILES string of the molecule is O=C(c1ccc(-c2cccc(N(OC(=O)C(F)(F)F)S(=O)(=O)C3CCOCC3)c2)cc1)N1CCNCC1. The molecule has 13 heteroatoms. The van der Waals surface area contributed by atoms with Crippen LogP contribution in [0.1, 0.15) is 23.2 Å². The molecule has 200 valence electrons. The molecule has 2 aliphatic rings. The highest BCUT2D eigenvalue weighted by Gasteiger charge is 2.46. The smallest absolute Gasteiger partial charge is 0.381 e. The number of alkyl halides is 3. The molecule has 0 atom stereocenters. The van der Waals surface area contributed by atoms with Gasteiger partial charge in [-0.25, -0.2) is 13.2 Å². The topological polar surface area (TPSA) is 105 Å². The van der Waals surface area contributed by atoms with Crippen LogP contribution < -0.4 is 9.79 Å². The van der Waals surface area contributed by atoms with E-state index >= 15 is 0 Å². The van der Waals surface area contributed by atoms with Gasteiger partial charge in [-0.2, -0.15) is 13.2 Å². The van der Waals surface area contributed by atoms with Gasteiger partial charge in [0.05, 0.1) is 10.9 Å². The van der Waals surface area contributed by atoms with E-state index in [2.05, 4.69) is 10.2 Å². The van der Waals surface area contributed by atoms with Crippen LogP contribution in [0.2, 0.25) is 0 Å². The van der Waals surface area contributed by atoms with Gasteiger partial charge in [-0.15, -0.1) is 0 Å². The number of benzene rings is 2. The van der Waals surface area contributed by atoms with Crippen molar-refractivity contribution in [1.29, 1.82) is 0 Å². The third kappa shape index (κ3) is 6.22. The van der Waals surface area contributed by atoms with E-state index in [4.69, 9.17) is 4.74 Å². The Morgan fingerprint density at radius 3 is 2.27 bits per heavy atom. The van der Waals surface area contributed by atoms with Gasteiger partial charge in [0, 0.05) is 45.0 Å². The number of hydrogen-bond acceptors (Lipinski definition) is 7. The highest BCUT2D eigenvalue weighted by molar-refractivity contribution is 7.93. The third-order valence-electron chi connectivity index (χ3n) is 6.14. The lowest BCUT2D eigenvalue weighted by Gasteiger charge is -2.29. The molecule has 2 aliphatic heterocycles. The summed E-state index contributed by atoms with van der Waals surface area (Å²) in [5.41, 5.74) is 1.25. The van der Waals surface area contributed by atoms with E-state index in [0.717, 1.165) is 0 Å². The van der Waals surface area contributed by atoms with Gasteiger partial charge in [0.15, 0.2) is 0 Å². The van der Waals surface area contributed by atoms with E-state index < -0.39 is 27.4 Å². The molecule has 0 aliphatic carbocycles. The second kappa shape index (κ2) is 11.1. The Labute approximate surface area is 212 Å². The van der Waals surface area contributed by atoms with E-state index in [1.54, 1.807) is 35.2 Å². The van der Waals surface area contributed by atoms with Gasteiger partial charge in [-0.1, -0.05) is 28.7 Å². The lowest BCUT2D eigenvalue weighted by Crippen LogP contribution is -2.46. The van der Waals surface area contributed by atoms with Crippen LogP contribution in [0.15, 0.2) is 48.5 Å². The number of nitrogens with one attached hydrogen (secondary N) is 1. The highest BCUT2D eigenvalue weighted by atomic mass is 32.2. The van der Waals surface area contributed by atoms with Crippen LogP contribution in [0, 0.1) is 0 Å². The number of nitrogens with zero attached hydrogens (tertiary/aromatic N) is 2. The molecule has 1 amide bonds. The molecular formula is C24H26F3N3O6S. The Morgan fingerprint density at radius 1 is 1.00 bits per heavy atom. The van der Waals surface area contributed by atoms with Gasteiger partial charge in [-0.05, 0) is 48.2 Å². The highest BCUT2D eigenvalue weighted by Crippen LogP contribution is 2.31. The molecule has 0 spiro atoms. The maximum atomic E-state index is 13.2. The molecule has 37 heavy (non-hydrogen) atoms. The Bertz CT molecular complexity index is 1230. The largest absolute Gasteiger partial charge is 0.493 e. The number of carbonyl (C=O) groups excluding carboxylic acids is 2. The summed E-state index contributed by atoms with van der Waals surface area (Å²) in [5, 5.41) is 2.09. The molecule has 2 saturated heterocycles. The molecule has 1 N–H and O–H groups in total. The Kier molecular flexibility index (Phi) is 8.05. The quantitative estimate of drug-likeness (QED) is 0.561. The van der Waals surface area contributed by atoms with Gasteiger partial charge in [-0.3, -0.25) is 4.79 Å². The summed E-state index contributed by atoms with van der Waals surface area (Å²) >= 11 is 0. The maximum absolute atomic E-state index is 13.2. The van der Waals surface area contributed by atoms with Crippen molar-refractivity contribution in [2.24, 2.45) is 0 Å². The minimum absolute atomic E-state index is 0.0463. The predicted molar refractivity (Wildman–Crippen MR) is 128 cm³/mol. The monoisotopic (exact) mass is 541 g/mol. The minimum atomic E-state index is -5.39. The van der Waals surface area contributed by atoms with Crippen LogP contribution in [0.25, 0.3) is 11.1 Å². The van der Waals surface area contributed by atoms with Crippen LogP contribution in [0.4, 0.5) is 18.9 Å². The number of amides is 1. The van der Waals surface area contributed by atoms with Crippen molar-refractivity contribution in [3.8, 4) is 11.1 Å². The number of piperazine rings is 1. The third-order valence-corrected chi connectivity index (χ3v) is 8.21.